The van der Waals surface area contributed by atoms with Crippen molar-refractivity contribution in [3.8, 4) is 0 Å². The molecule has 1 aromatic rings. The molecule has 84 valence electrons. The fourth-order valence-electron chi connectivity index (χ4n) is 1.19. The quantitative estimate of drug-likeness (QED) is 0.629. The fourth-order valence-corrected chi connectivity index (χ4v) is 1.19. The highest BCUT2D eigenvalue weighted by Gasteiger charge is 2.05. The molecule has 0 amide bonds. The molecule has 0 saturated carbocycles. The molecule has 0 aliphatic carbocycles. The molecule has 0 radical (unpaired) electrons. The summed E-state index contributed by atoms with van der Waals surface area (Å²) in [5.74, 6) is 0. The van der Waals surface area contributed by atoms with E-state index in [-0.39, 0.29) is 11.2 Å². The van der Waals surface area contributed by atoms with E-state index in [2.05, 4.69) is 5.43 Å². The number of nitrogens with one attached hydrogen (secondary N) is 1. The lowest BCUT2D eigenvalue weighted by Crippen LogP contribution is -2.40. The third-order valence-corrected chi connectivity index (χ3v) is 2.20. The molecule has 15 heavy (non-hydrogen) atoms. The molecule has 6 heteroatoms. The maximum Gasteiger partial charge on any atom is 0.330 e. The number of hydrazine groups is 1. The van der Waals surface area contributed by atoms with Crippen LogP contribution in [0.1, 0.15) is 5.69 Å². The Bertz CT molecular complexity index is 458. The van der Waals surface area contributed by atoms with Crippen LogP contribution in [0.3, 0.4) is 0 Å². The molecule has 0 aliphatic heterocycles. The van der Waals surface area contributed by atoms with E-state index in [9.17, 15) is 9.59 Å². The summed E-state index contributed by atoms with van der Waals surface area (Å²) in [5.41, 5.74) is 3.07. The van der Waals surface area contributed by atoms with Gasteiger partial charge in [-0.1, -0.05) is 0 Å². The van der Waals surface area contributed by atoms with Crippen LogP contribution in [-0.4, -0.2) is 28.2 Å². The van der Waals surface area contributed by atoms with E-state index in [0.717, 1.165) is 4.57 Å². The highest BCUT2D eigenvalue weighted by atomic mass is 16.2. The SMILES string of the molecule is CN(C)NCc1cc(=O)n(C)c(=O)n1C. The summed E-state index contributed by atoms with van der Waals surface area (Å²) in [4.78, 5) is 22.9. The molecule has 0 saturated heterocycles. The Morgan fingerprint density at radius 2 is 1.87 bits per heavy atom. The average Bonchev–Trinajstić information content (AvgIpc) is 2.18. The molecule has 1 aromatic heterocycles. The van der Waals surface area contributed by atoms with Crippen molar-refractivity contribution in [2.45, 2.75) is 6.54 Å². The minimum Gasteiger partial charge on any atom is -0.299 e. The van der Waals surface area contributed by atoms with E-state index >= 15 is 0 Å². The van der Waals surface area contributed by atoms with Gasteiger partial charge in [0.2, 0.25) is 0 Å². The van der Waals surface area contributed by atoms with Crippen LogP contribution in [0.15, 0.2) is 15.7 Å². The van der Waals surface area contributed by atoms with Gasteiger partial charge < -0.3 is 0 Å². The first-order valence-corrected chi connectivity index (χ1v) is 4.60. The van der Waals surface area contributed by atoms with Crippen molar-refractivity contribution >= 4 is 0 Å². The Labute approximate surface area is 87.7 Å². The zero-order valence-electron chi connectivity index (χ0n) is 9.44. The van der Waals surface area contributed by atoms with Gasteiger partial charge in [0.15, 0.2) is 0 Å². The zero-order chi connectivity index (χ0) is 11.6. The van der Waals surface area contributed by atoms with Gasteiger partial charge in [-0.15, -0.1) is 0 Å². The van der Waals surface area contributed by atoms with Crippen molar-refractivity contribution in [2.75, 3.05) is 14.1 Å². The summed E-state index contributed by atoms with van der Waals surface area (Å²) in [6.45, 7) is 0.453. The van der Waals surface area contributed by atoms with Gasteiger partial charge in [0.05, 0.1) is 6.54 Å². The van der Waals surface area contributed by atoms with Gasteiger partial charge in [0, 0.05) is 40.0 Å². The van der Waals surface area contributed by atoms with Crippen LogP contribution in [-0.2, 0) is 20.6 Å². The van der Waals surface area contributed by atoms with E-state index in [0.29, 0.717) is 12.2 Å². The van der Waals surface area contributed by atoms with Crippen molar-refractivity contribution < 1.29 is 0 Å². The first kappa shape index (κ1) is 11.7. The van der Waals surface area contributed by atoms with E-state index < -0.39 is 0 Å². The van der Waals surface area contributed by atoms with Crippen LogP contribution in [0.5, 0.6) is 0 Å². The van der Waals surface area contributed by atoms with E-state index in [4.69, 9.17) is 0 Å². The average molecular weight is 212 g/mol. The normalized spacial score (nSPS) is 11.0. The van der Waals surface area contributed by atoms with Crippen LogP contribution in [0.2, 0.25) is 0 Å². The fraction of sp³-hybridized carbons (Fsp3) is 0.556. The van der Waals surface area contributed by atoms with Crippen LogP contribution in [0.4, 0.5) is 0 Å². The van der Waals surface area contributed by atoms with Crippen LogP contribution < -0.4 is 16.7 Å². The molecule has 0 aliphatic rings. The first-order chi connectivity index (χ1) is 6.93. The number of aromatic nitrogens is 2. The van der Waals surface area contributed by atoms with Crippen LogP contribution in [0, 0.1) is 0 Å². The van der Waals surface area contributed by atoms with Crippen molar-refractivity contribution in [3.63, 3.8) is 0 Å². The summed E-state index contributed by atoms with van der Waals surface area (Å²) >= 11 is 0. The number of nitrogens with zero attached hydrogens (tertiary/aromatic N) is 3. The predicted octanol–water partition coefficient (Wildman–Crippen LogP) is -1.35. The third-order valence-electron chi connectivity index (χ3n) is 2.20. The summed E-state index contributed by atoms with van der Waals surface area (Å²) in [6, 6.07) is 1.46. The van der Waals surface area contributed by atoms with Crippen molar-refractivity contribution in [3.05, 3.63) is 32.6 Å². The van der Waals surface area contributed by atoms with Crippen molar-refractivity contribution in [2.24, 2.45) is 14.1 Å². The molecular formula is C9H16N4O2. The highest BCUT2D eigenvalue weighted by molar-refractivity contribution is 5.01. The molecule has 1 rings (SSSR count). The number of hydrogen-bond acceptors (Lipinski definition) is 4. The summed E-state index contributed by atoms with van der Waals surface area (Å²) in [7, 11) is 6.81. The molecular weight excluding hydrogens is 196 g/mol. The van der Waals surface area contributed by atoms with Gasteiger partial charge >= 0.3 is 5.69 Å². The largest absolute Gasteiger partial charge is 0.330 e. The molecule has 0 atom stereocenters. The standard InChI is InChI=1S/C9H16N4O2/c1-11(2)10-6-7-5-8(14)13(4)9(15)12(7)3/h5,10H,6H2,1-4H3. The lowest BCUT2D eigenvalue weighted by molar-refractivity contribution is 0.281. The van der Waals surface area contributed by atoms with E-state index in [1.807, 2.05) is 14.1 Å². The smallest absolute Gasteiger partial charge is 0.299 e. The third kappa shape index (κ3) is 2.54. The summed E-state index contributed by atoms with van der Waals surface area (Å²) in [6.07, 6.45) is 0. The summed E-state index contributed by atoms with van der Waals surface area (Å²) < 4.78 is 2.54. The molecule has 1 heterocycles. The first-order valence-electron chi connectivity index (χ1n) is 4.60. The Morgan fingerprint density at radius 1 is 1.27 bits per heavy atom. The van der Waals surface area contributed by atoms with Gasteiger partial charge in [-0.25, -0.2) is 10.2 Å². The second kappa shape index (κ2) is 4.41. The van der Waals surface area contributed by atoms with Crippen LogP contribution >= 0.6 is 0 Å². The minimum atomic E-state index is -0.307. The Hall–Kier alpha value is -1.40. The highest BCUT2D eigenvalue weighted by Crippen LogP contribution is 1.89. The zero-order valence-corrected chi connectivity index (χ0v) is 9.44. The molecule has 1 N–H and O–H groups in total. The lowest BCUT2D eigenvalue weighted by atomic mass is 10.4. The van der Waals surface area contributed by atoms with Gasteiger partial charge in [-0.05, 0) is 0 Å². The second-order valence-electron chi connectivity index (χ2n) is 3.60. The van der Waals surface area contributed by atoms with Crippen molar-refractivity contribution in [1.82, 2.24) is 19.6 Å². The Kier molecular flexibility index (Phi) is 3.43. The van der Waals surface area contributed by atoms with E-state index in [1.54, 1.807) is 12.1 Å². The lowest BCUT2D eigenvalue weighted by Gasteiger charge is -2.14. The predicted molar refractivity (Wildman–Crippen MR) is 57.5 cm³/mol. The van der Waals surface area contributed by atoms with E-state index in [1.165, 1.54) is 17.7 Å². The molecule has 0 unspecified atom stereocenters. The van der Waals surface area contributed by atoms with Gasteiger partial charge in [0.1, 0.15) is 0 Å². The number of hydrogen-bond donors (Lipinski definition) is 1. The van der Waals surface area contributed by atoms with Crippen LogP contribution in [0.25, 0.3) is 0 Å². The summed E-state index contributed by atoms with van der Waals surface area (Å²) in [5, 5.41) is 1.77. The van der Waals surface area contributed by atoms with Gasteiger partial charge in [-0.2, -0.15) is 0 Å². The molecule has 0 bridgehead atoms. The Morgan fingerprint density at radius 3 is 2.40 bits per heavy atom. The molecule has 0 fully saturated rings. The van der Waals surface area contributed by atoms with Gasteiger partial charge in [-0.3, -0.25) is 18.9 Å². The minimum absolute atomic E-state index is 0.284. The molecule has 0 spiro atoms. The maximum absolute atomic E-state index is 11.5. The maximum atomic E-state index is 11.5. The monoisotopic (exact) mass is 212 g/mol. The van der Waals surface area contributed by atoms with Crippen molar-refractivity contribution in [1.29, 1.82) is 0 Å². The molecule has 6 nitrogen and oxygen atoms in total. The number of rotatable bonds is 3. The second-order valence-corrected chi connectivity index (χ2v) is 3.60. The van der Waals surface area contributed by atoms with Gasteiger partial charge in [0.25, 0.3) is 5.56 Å². The topological polar surface area (TPSA) is 59.3 Å². The Balaban J connectivity index is 3.10. The molecule has 0 aromatic carbocycles.